The summed E-state index contributed by atoms with van der Waals surface area (Å²) >= 11 is 0. The molecular formula is C8H10F3NO3. The zero-order valence-corrected chi connectivity index (χ0v) is 7.97. The van der Waals surface area contributed by atoms with Crippen molar-refractivity contribution in [2.45, 2.75) is 13.3 Å². The van der Waals surface area contributed by atoms with Gasteiger partial charge in [-0.2, -0.15) is 8.78 Å². The van der Waals surface area contributed by atoms with E-state index < -0.39 is 36.7 Å². The summed E-state index contributed by atoms with van der Waals surface area (Å²) in [6, 6.07) is 0. The van der Waals surface area contributed by atoms with Crippen LogP contribution in [-0.4, -0.2) is 35.0 Å². The maximum absolute atomic E-state index is 12.3. The highest BCUT2D eigenvalue weighted by Gasteiger charge is 2.18. The van der Waals surface area contributed by atoms with Crippen molar-refractivity contribution >= 4 is 11.9 Å². The monoisotopic (exact) mass is 225 g/mol. The van der Waals surface area contributed by atoms with Crippen LogP contribution in [0.3, 0.4) is 0 Å². The second-order valence-corrected chi connectivity index (χ2v) is 2.64. The van der Waals surface area contributed by atoms with Crippen molar-refractivity contribution in [3.8, 4) is 0 Å². The number of carboxylic acid groups (broad SMARTS) is 1. The highest BCUT2D eigenvalue weighted by atomic mass is 19.3. The molecule has 1 amide bonds. The number of amides is 1. The van der Waals surface area contributed by atoms with Gasteiger partial charge >= 0.3 is 12.0 Å². The van der Waals surface area contributed by atoms with Crippen LogP contribution in [0.25, 0.3) is 0 Å². The summed E-state index contributed by atoms with van der Waals surface area (Å²) in [5.74, 6) is -4.09. The maximum Gasteiger partial charge on any atom is 0.323 e. The molecule has 0 fully saturated rings. The van der Waals surface area contributed by atoms with Gasteiger partial charge in [0, 0.05) is 6.54 Å². The van der Waals surface area contributed by atoms with E-state index in [4.69, 9.17) is 5.11 Å². The van der Waals surface area contributed by atoms with Gasteiger partial charge in [0.1, 0.15) is 6.54 Å². The first-order valence-electron chi connectivity index (χ1n) is 4.07. The molecule has 0 aromatic rings. The van der Waals surface area contributed by atoms with E-state index in [0.717, 1.165) is 4.90 Å². The molecule has 0 aliphatic rings. The van der Waals surface area contributed by atoms with Gasteiger partial charge in [-0.3, -0.25) is 9.59 Å². The Hall–Kier alpha value is -1.53. The van der Waals surface area contributed by atoms with Gasteiger partial charge in [-0.15, -0.1) is 0 Å². The molecule has 0 aromatic heterocycles. The molecule has 0 saturated heterocycles. The maximum atomic E-state index is 12.3. The molecule has 15 heavy (non-hydrogen) atoms. The quantitative estimate of drug-likeness (QED) is 0.769. The molecule has 0 aromatic carbocycles. The standard InChI is InChI=1S/C8H10F3NO3/c1-2-12(4-7(14)15)6(13)3-5(9)8(10)11/h2-4H2,1H3,(H,14,15). The average Bonchev–Trinajstić information content (AvgIpc) is 2.13. The molecule has 4 nitrogen and oxygen atoms in total. The summed E-state index contributed by atoms with van der Waals surface area (Å²) in [5.41, 5.74) is 0. The number of nitrogens with zero attached hydrogens (tertiary/aromatic N) is 1. The van der Waals surface area contributed by atoms with E-state index in [2.05, 4.69) is 0 Å². The van der Waals surface area contributed by atoms with Gasteiger partial charge in [0.05, 0.1) is 6.42 Å². The van der Waals surface area contributed by atoms with Gasteiger partial charge in [-0.1, -0.05) is 0 Å². The third-order valence-corrected chi connectivity index (χ3v) is 1.57. The SMILES string of the molecule is CCN(CC(=O)O)C(=O)CC(F)=C(F)F. The molecule has 86 valence electrons. The van der Waals surface area contributed by atoms with Gasteiger partial charge in [0.15, 0.2) is 5.83 Å². The summed E-state index contributed by atoms with van der Waals surface area (Å²) < 4.78 is 35.6. The van der Waals surface area contributed by atoms with Crippen molar-refractivity contribution in [2.75, 3.05) is 13.1 Å². The lowest BCUT2D eigenvalue weighted by molar-refractivity contribution is -0.144. The van der Waals surface area contributed by atoms with E-state index >= 15 is 0 Å². The van der Waals surface area contributed by atoms with Crippen LogP contribution in [0.15, 0.2) is 11.9 Å². The number of carboxylic acids is 1. The topological polar surface area (TPSA) is 57.6 Å². The fourth-order valence-corrected chi connectivity index (χ4v) is 0.851. The predicted octanol–water partition coefficient (Wildman–Crippen LogP) is 1.39. The minimum absolute atomic E-state index is 0.0202. The Balaban J connectivity index is 4.41. The smallest absolute Gasteiger partial charge is 0.323 e. The highest BCUT2D eigenvalue weighted by Crippen LogP contribution is 2.14. The lowest BCUT2D eigenvalue weighted by atomic mass is 10.3. The zero-order valence-electron chi connectivity index (χ0n) is 7.97. The van der Waals surface area contributed by atoms with Crippen molar-refractivity contribution in [3.63, 3.8) is 0 Å². The van der Waals surface area contributed by atoms with Crippen molar-refractivity contribution in [2.24, 2.45) is 0 Å². The molecule has 0 aliphatic heterocycles. The van der Waals surface area contributed by atoms with Crippen LogP contribution >= 0.6 is 0 Å². The first-order valence-corrected chi connectivity index (χ1v) is 4.07. The van der Waals surface area contributed by atoms with Crippen LogP contribution in [0, 0.1) is 0 Å². The first kappa shape index (κ1) is 13.5. The van der Waals surface area contributed by atoms with Crippen LogP contribution in [-0.2, 0) is 9.59 Å². The molecular weight excluding hydrogens is 215 g/mol. The number of carbonyl (C=O) groups excluding carboxylic acids is 1. The van der Waals surface area contributed by atoms with Crippen molar-refractivity contribution in [1.29, 1.82) is 0 Å². The molecule has 0 spiro atoms. The van der Waals surface area contributed by atoms with E-state index in [1.54, 1.807) is 0 Å². The summed E-state index contributed by atoms with van der Waals surface area (Å²) in [6.07, 6.45) is -3.67. The van der Waals surface area contributed by atoms with Gasteiger partial charge in [-0.25, -0.2) is 4.39 Å². The van der Waals surface area contributed by atoms with Gasteiger partial charge < -0.3 is 10.0 Å². The highest BCUT2D eigenvalue weighted by molar-refractivity contribution is 5.82. The second kappa shape index (κ2) is 6.05. The van der Waals surface area contributed by atoms with E-state index in [1.165, 1.54) is 6.92 Å². The summed E-state index contributed by atoms with van der Waals surface area (Å²) in [5, 5.41) is 8.36. The van der Waals surface area contributed by atoms with E-state index in [-0.39, 0.29) is 6.54 Å². The molecule has 0 aliphatic carbocycles. The molecule has 0 atom stereocenters. The van der Waals surface area contributed by atoms with Crippen molar-refractivity contribution in [1.82, 2.24) is 4.90 Å². The predicted molar refractivity (Wildman–Crippen MR) is 44.9 cm³/mol. The van der Waals surface area contributed by atoms with Crippen LogP contribution in [0.5, 0.6) is 0 Å². The number of rotatable bonds is 5. The number of likely N-dealkylation sites (N-methyl/N-ethyl adjacent to an activating group) is 1. The fourth-order valence-electron chi connectivity index (χ4n) is 0.851. The van der Waals surface area contributed by atoms with Crippen LogP contribution in [0.2, 0.25) is 0 Å². The lowest BCUT2D eigenvalue weighted by Gasteiger charge is -2.17. The average molecular weight is 225 g/mol. The Morgan fingerprint density at radius 1 is 1.27 bits per heavy atom. The van der Waals surface area contributed by atoms with Crippen LogP contribution < -0.4 is 0 Å². The minimum atomic E-state index is -2.56. The number of aliphatic carboxylic acids is 1. The minimum Gasteiger partial charge on any atom is -0.480 e. The largest absolute Gasteiger partial charge is 0.480 e. The van der Waals surface area contributed by atoms with Crippen molar-refractivity contribution in [3.05, 3.63) is 11.9 Å². The Kier molecular flexibility index (Phi) is 5.43. The van der Waals surface area contributed by atoms with E-state index in [0.29, 0.717) is 0 Å². The Morgan fingerprint density at radius 3 is 2.13 bits per heavy atom. The Labute approximate surface area is 84.0 Å². The second-order valence-electron chi connectivity index (χ2n) is 2.64. The molecule has 0 rings (SSSR count). The van der Waals surface area contributed by atoms with E-state index in [9.17, 15) is 22.8 Å². The molecule has 0 radical (unpaired) electrons. The van der Waals surface area contributed by atoms with Crippen LogP contribution in [0.1, 0.15) is 13.3 Å². The third kappa shape index (κ3) is 5.04. The zero-order chi connectivity index (χ0) is 12.0. The third-order valence-electron chi connectivity index (χ3n) is 1.57. The van der Waals surface area contributed by atoms with E-state index in [1.807, 2.05) is 0 Å². The lowest BCUT2D eigenvalue weighted by Crippen LogP contribution is -2.35. The number of carbonyl (C=O) groups is 2. The summed E-state index contributed by atoms with van der Waals surface area (Å²) in [4.78, 5) is 22.1. The van der Waals surface area contributed by atoms with Gasteiger partial charge in [-0.05, 0) is 6.92 Å². The molecule has 0 unspecified atom stereocenters. The van der Waals surface area contributed by atoms with Crippen molar-refractivity contribution < 1.29 is 27.9 Å². The number of hydrogen-bond donors (Lipinski definition) is 1. The summed E-state index contributed by atoms with van der Waals surface area (Å²) in [6.45, 7) is 0.858. The Morgan fingerprint density at radius 2 is 1.80 bits per heavy atom. The molecule has 0 heterocycles. The normalized spacial score (nSPS) is 9.60. The molecule has 7 heteroatoms. The number of halogens is 3. The van der Waals surface area contributed by atoms with Gasteiger partial charge in [0.2, 0.25) is 5.91 Å². The first-order chi connectivity index (χ1) is 6.88. The van der Waals surface area contributed by atoms with Crippen LogP contribution in [0.4, 0.5) is 13.2 Å². The molecule has 0 saturated carbocycles. The molecule has 1 N–H and O–H groups in total. The number of hydrogen-bond acceptors (Lipinski definition) is 2. The Bertz CT molecular complexity index is 287. The van der Waals surface area contributed by atoms with Gasteiger partial charge in [0.25, 0.3) is 0 Å². The fraction of sp³-hybridized carbons (Fsp3) is 0.500. The molecule has 0 bridgehead atoms. The summed E-state index contributed by atoms with van der Waals surface area (Å²) in [7, 11) is 0.